The van der Waals surface area contributed by atoms with Crippen LogP contribution in [0.4, 0.5) is 10.2 Å². The van der Waals surface area contributed by atoms with Gasteiger partial charge in [-0.3, -0.25) is 4.40 Å². The summed E-state index contributed by atoms with van der Waals surface area (Å²) in [6, 6.07) is 4.35. The first kappa shape index (κ1) is 12.4. The van der Waals surface area contributed by atoms with Gasteiger partial charge in [0.1, 0.15) is 17.4 Å². The summed E-state index contributed by atoms with van der Waals surface area (Å²) >= 11 is 0. The zero-order chi connectivity index (χ0) is 14.1. The Labute approximate surface area is 115 Å². The number of benzene rings is 1. The first-order valence-electron chi connectivity index (χ1n) is 6.13. The number of aromatic nitrogens is 3. The molecule has 2 aromatic heterocycles. The van der Waals surface area contributed by atoms with E-state index in [2.05, 4.69) is 15.3 Å². The van der Waals surface area contributed by atoms with Crippen LogP contribution < -0.4 is 10.1 Å². The van der Waals surface area contributed by atoms with E-state index in [1.807, 2.05) is 16.8 Å². The van der Waals surface area contributed by atoms with Crippen molar-refractivity contribution in [2.75, 3.05) is 12.4 Å². The van der Waals surface area contributed by atoms with E-state index in [4.69, 9.17) is 4.74 Å². The number of halogens is 1. The van der Waals surface area contributed by atoms with E-state index < -0.39 is 0 Å². The van der Waals surface area contributed by atoms with Crippen LogP contribution in [0, 0.1) is 12.7 Å². The van der Waals surface area contributed by atoms with Crippen LogP contribution in [0.3, 0.4) is 0 Å². The van der Waals surface area contributed by atoms with Crippen LogP contribution in [0.25, 0.3) is 5.65 Å². The van der Waals surface area contributed by atoms with Crippen molar-refractivity contribution in [1.29, 1.82) is 0 Å². The van der Waals surface area contributed by atoms with Crippen LogP contribution in [0.2, 0.25) is 0 Å². The molecule has 0 unspecified atom stereocenters. The summed E-state index contributed by atoms with van der Waals surface area (Å²) in [5, 5.41) is 2.96. The summed E-state index contributed by atoms with van der Waals surface area (Å²) in [6.07, 6.45) is 5.29. The van der Waals surface area contributed by atoms with Gasteiger partial charge in [0.2, 0.25) is 5.65 Å². The molecule has 0 radical (unpaired) electrons. The van der Waals surface area contributed by atoms with Crippen molar-refractivity contribution < 1.29 is 9.13 Å². The molecule has 1 aromatic carbocycles. The average molecular weight is 272 g/mol. The lowest BCUT2D eigenvalue weighted by molar-refractivity contribution is 0.460. The van der Waals surface area contributed by atoms with Gasteiger partial charge in [0, 0.05) is 19.4 Å². The van der Waals surface area contributed by atoms with Gasteiger partial charge in [0.15, 0.2) is 0 Å². The Kier molecular flexibility index (Phi) is 2.98. The minimum absolute atomic E-state index is 0.294. The molecule has 0 aliphatic carbocycles. The SMILES string of the molecule is CNc1cn2ccnc2c(Oc2ccc(F)cc2C)n1. The van der Waals surface area contributed by atoms with Crippen LogP contribution in [-0.4, -0.2) is 21.4 Å². The standard InChI is InChI=1S/C14H13FN4O/c1-9-7-10(15)3-4-11(9)20-14-13-17-5-6-19(13)8-12(16-2)18-14/h3-8,16H,1-2H3. The number of fused-ring (bicyclic) bond motifs is 1. The van der Waals surface area contributed by atoms with Gasteiger partial charge < -0.3 is 10.1 Å². The molecular formula is C14H13FN4O. The molecule has 20 heavy (non-hydrogen) atoms. The number of imidazole rings is 1. The maximum Gasteiger partial charge on any atom is 0.265 e. The lowest BCUT2D eigenvalue weighted by atomic mass is 10.2. The normalized spacial score (nSPS) is 10.8. The van der Waals surface area contributed by atoms with Gasteiger partial charge in [-0.1, -0.05) is 0 Å². The minimum atomic E-state index is -0.294. The number of ether oxygens (including phenoxy) is 1. The van der Waals surface area contributed by atoms with E-state index in [0.717, 1.165) is 0 Å². The van der Waals surface area contributed by atoms with Gasteiger partial charge in [-0.15, -0.1) is 0 Å². The van der Waals surface area contributed by atoms with Gasteiger partial charge in [-0.2, -0.15) is 4.98 Å². The molecule has 0 bridgehead atoms. The summed E-state index contributed by atoms with van der Waals surface area (Å²) in [4.78, 5) is 8.55. The van der Waals surface area contributed by atoms with Crippen LogP contribution in [0.5, 0.6) is 11.6 Å². The summed E-state index contributed by atoms with van der Waals surface area (Å²) in [5.41, 5.74) is 1.30. The van der Waals surface area contributed by atoms with Gasteiger partial charge in [-0.05, 0) is 30.7 Å². The number of anilines is 1. The lowest BCUT2D eigenvalue weighted by Crippen LogP contribution is -2.00. The molecule has 5 nitrogen and oxygen atoms in total. The first-order chi connectivity index (χ1) is 9.67. The third-order valence-corrected chi connectivity index (χ3v) is 2.94. The molecule has 3 aromatic rings. The second kappa shape index (κ2) is 4.80. The van der Waals surface area contributed by atoms with Crippen LogP contribution >= 0.6 is 0 Å². The zero-order valence-corrected chi connectivity index (χ0v) is 11.1. The van der Waals surface area contributed by atoms with E-state index in [0.29, 0.717) is 28.7 Å². The topological polar surface area (TPSA) is 51.5 Å². The maximum atomic E-state index is 13.1. The predicted molar refractivity (Wildman–Crippen MR) is 73.7 cm³/mol. The average Bonchev–Trinajstić information content (AvgIpc) is 2.90. The van der Waals surface area contributed by atoms with Crippen molar-refractivity contribution in [2.24, 2.45) is 0 Å². The van der Waals surface area contributed by atoms with Crippen molar-refractivity contribution in [3.63, 3.8) is 0 Å². The number of rotatable bonds is 3. The Hall–Kier alpha value is -2.63. The predicted octanol–water partition coefficient (Wildman–Crippen LogP) is 3.01. The Morgan fingerprint density at radius 1 is 1.35 bits per heavy atom. The molecule has 0 atom stereocenters. The van der Waals surface area contributed by atoms with Crippen LogP contribution in [0.15, 0.2) is 36.8 Å². The highest BCUT2D eigenvalue weighted by Crippen LogP contribution is 2.27. The summed E-state index contributed by atoms with van der Waals surface area (Å²) in [6.45, 7) is 1.78. The van der Waals surface area contributed by atoms with E-state index >= 15 is 0 Å². The first-order valence-corrected chi connectivity index (χ1v) is 6.13. The minimum Gasteiger partial charge on any atom is -0.436 e. The van der Waals surface area contributed by atoms with Crippen molar-refractivity contribution >= 4 is 11.5 Å². The number of nitrogens with zero attached hydrogens (tertiary/aromatic N) is 3. The number of aryl methyl sites for hydroxylation is 1. The molecule has 2 heterocycles. The third kappa shape index (κ3) is 2.16. The second-order valence-electron chi connectivity index (χ2n) is 4.35. The third-order valence-electron chi connectivity index (χ3n) is 2.94. The Morgan fingerprint density at radius 3 is 2.95 bits per heavy atom. The van der Waals surface area contributed by atoms with Gasteiger partial charge in [0.25, 0.3) is 5.88 Å². The van der Waals surface area contributed by atoms with E-state index in [-0.39, 0.29) is 5.82 Å². The molecule has 0 saturated carbocycles. The van der Waals surface area contributed by atoms with E-state index in [9.17, 15) is 4.39 Å². The van der Waals surface area contributed by atoms with E-state index in [1.165, 1.54) is 12.1 Å². The van der Waals surface area contributed by atoms with Gasteiger partial charge in [0.05, 0.1) is 6.20 Å². The Morgan fingerprint density at radius 2 is 2.20 bits per heavy atom. The second-order valence-corrected chi connectivity index (χ2v) is 4.35. The fourth-order valence-electron chi connectivity index (χ4n) is 1.92. The monoisotopic (exact) mass is 272 g/mol. The molecule has 0 spiro atoms. The van der Waals surface area contributed by atoms with Crippen LogP contribution in [-0.2, 0) is 0 Å². The van der Waals surface area contributed by atoms with Crippen molar-refractivity contribution in [1.82, 2.24) is 14.4 Å². The Bertz CT molecular complexity index is 769. The molecule has 3 rings (SSSR count). The fourth-order valence-corrected chi connectivity index (χ4v) is 1.92. The molecule has 0 saturated heterocycles. The highest BCUT2D eigenvalue weighted by Gasteiger charge is 2.11. The summed E-state index contributed by atoms with van der Waals surface area (Å²) < 4.78 is 20.7. The Balaban J connectivity index is 2.07. The highest BCUT2D eigenvalue weighted by molar-refractivity contribution is 5.55. The molecule has 0 aliphatic heterocycles. The summed E-state index contributed by atoms with van der Waals surface area (Å²) in [7, 11) is 1.78. The molecule has 0 aliphatic rings. The fraction of sp³-hybridized carbons (Fsp3) is 0.143. The van der Waals surface area contributed by atoms with Crippen molar-refractivity contribution in [3.05, 3.63) is 48.2 Å². The molecule has 0 fully saturated rings. The number of hydrogen-bond acceptors (Lipinski definition) is 4. The maximum absolute atomic E-state index is 13.1. The molecule has 0 amide bonds. The van der Waals surface area contributed by atoms with Crippen molar-refractivity contribution in [2.45, 2.75) is 6.92 Å². The molecule has 6 heteroatoms. The largest absolute Gasteiger partial charge is 0.436 e. The zero-order valence-electron chi connectivity index (χ0n) is 11.1. The number of nitrogens with one attached hydrogen (secondary N) is 1. The highest BCUT2D eigenvalue weighted by atomic mass is 19.1. The molecular weight excluding hydrogens is 259 g/mol. The lowest BCUT2D eigenvalue weighted by Gasteiger charge is -2.10. The quantitative estimate of drug-likeness (QED) is 0.796. The van der Waals surface area contributed by atoms with Crippen molar-refractivity contribution in [3.8, 4) is 11.6 Å². The summed E-state index contributed by atoms with van der Waals surface area (Å²) in [5.74, 6) is 1.29. The number of hydrogen-bond donors (Lipinski definition) is 1. The van der Waals surface area contributed by atoms with Gasteiger partial charge >= 0.3 is 0 Å². The molecule has 1 N–H and O–H groups in total. The smallest absolute Gasteiger partial charge is 0.265 e. The van der Waals surface area contributed by atoms with E-state index in [1.54, 1.807) is 26.2 Å². The van der Waals surface area contributed by atoms with Gasteiger partial charge in [-0.25, -0.2) is 9.37 Å². The molecule has 102 valence electrons. The van der Waals surface area contributed by atoms with Crippen LogP contribution in [0.1, 0.15) is 5.56 Å².